The number of urea groups is 1. The number of nitrogens with one attached hydrogen (secondary N) is 5. The predicted octanol–water partition coefficient (Wildman–Crippen LogP) is 6.90. The molecule has 1 heterocycles. The number of likely N-dealkylation sites (N-methyl/N-ethyl adjacent to an activating group) is 1. The number of carbonyl (C=O) groups is 1. The summed E-state index contributed by atoms with van der Waals surface area (Å²) in [7, 11) is 3.84. The van der Waals surface area contributed by atoms with E-state index in [1.165, 1.54) is 11.9 Å². The Morgan fingerprint density at radius 3 is 2.33 bits per heavy atom. The molecule has 230 valence electrons. The summed E-state index contributed by atoms with van der Waals surface area (Å²) < 4.78 is 11.3. The van der Waals surface area contributed by atoms with E-state index >= 15 is 0 Å². The Morgan fingerprint density at radius 2 is 1.67 bits per heavy atom. The third-order valence-electron chi connectivity index (χ3n) is 8.16. The number of anilines is 2. The Kier molecular flexibility index (Phi) is 9.61. The largest absolute Gasteiger partial charge is 0.484 e. The number of aromatic nitrogens is 1. The molecule has 2 aromatic carbocycles. The molecule has 1 aromatic heterocycles. The Balaban J connectivity index is 1.52. The monoisotopic (exact) mass is 603 g/mol. The first kappa shape index (κ1) is 32.2. The summed E-state index contributed by atoms with van der Waals surface area (Å²) in [5.41, 5.74) is 4.43. The molecule has 0 saturated heterocycles. The van der Waals surface area contributed by atoms with Crippen molar-refractivity contribution in [1.82, 2.24) is 14.8 Å². The first-order chi connectivity index (χ1) is 20.2. The van der Waals surface area contributed by atoms with Crippen LogP contribution in [0.2, 0.25) is 0 Å². The Labute approximate surface area is 259 Å². The zero-order chi connectivity index (χ0) is 31.5. The highest BCUT2D eigenvalue weighted by molar-refractivity contribution is 7.99. The van der Waals surface area contributed by atoms with Gasteiger partial charge in [0.1, 0.15) is 23.2 Å². The molecule has 0 fully saturated rings. The number of pyridine rings is 1. The SMILES string of the molecule is CSNc1cc(NC(=O)NC2CCC(Oc3ccc(=N)n(C(=N)C(C)(C)N(C)C)c3)c3ccccc32)cc(C(C)(C)C)c1. The molecule has 0 radical (unpaired) electrons. The first-order valence-electron chi connectivity index (χ1n) is 14.5. The molecule has 0 aliphatic heterocycles. The van der Waals surface area contributed by atoms with Crippen LogP contribution in [0.4, 0.5) is 16.2 Å². The lowest BCUT2D eigenvalue weighted by atomic mass is 9.85. The number of rotatable bonds is 8. The number of ether oxygens (including phenoxy) is 1. The van der Waals surface area contributed by atoms with Crippen molar-refractivity contribution in [3.05, 3.63) is 83.0 Å². The lowest BCUT2D eigenvalue weighted by Crippen LogP contribution is -2.50. The summed E-state index contributed by atoms with van der Waals surface area (Å²) in [4.78, 5) is 15.2. The molecule has 4 rings (SSSR count). The van der Waals surface area contributed by atoms with Gasteiger partial charge in [0.05, 0.1) is 17.8 Å². The highest BCUT2D eigenvalue weighted by Crippen LogP contribution is 2.39. The van der Waals surface area contributed by atoms with Gasteiger partial charge in [0.15, 0.2) is 0 Å². The van der Waals surface area contributed by atoms with Gasteiger partial charge in [0.25, 0.3) is 0 Å². The summed E-state index contributed by atoms with van der Waals surface area (Å²) in [6.07, 6.45) is 4.88. The van der Waals surface area contributed by atoms with E-state index in [1.807, 2.05) is 75.5 Å². The minimum Gasteiger partial charge on any atom is -0.484 e. The standard InChI is InChI=1S/C33H45N7O2S/c1-32(2,3)21-17-22(19-23(18-21)38-43-8)36-31(41)37-27-14-15-28(26-12-10-9-11-25(26)27)42-24-13-16-29(34)40(20-24)30(35)33(4,5)39(6)7/h9-13,16-20,27-28,34-35,38H,14-15H2,1-8H3,(H2,36,37,41). The van der Waals surface area contributed by atoms with Crippen molar-refractivity contribution in [2.75, 3.05) is 30.4 Å². The lowest BCUT2D eigenvalue weighted by Gasteiger charge is -2.34. The van der Waals surface area contributed by atoms with Gasteiger partial charge in [-0.25, -0.2) is 4.79 Å². The second-order valence-electron chi connectivity index (χ2n) is 12.7. The van der Waals surface area contributed by atoms with Gasteiger partial charge < -0.3 is 20.1 Å². The fraction of sp³-hybridized carbons (Fsp3) is 0.424. The highest BCUT2D eigenvalue weighted by atomic mass is 32.2. The van der Waals surface area contributed by atoms with E-state index in [0.717, 1.165) is 28.1 Å². The molecule has 2 unspecified atom stereocenters. The Morgan fingerprint density at radius 1 is 1.00 bits per heavy atom. The van der Waals surface area contributed by atoms with Crippen LogP contribution in [-0.4, -0.2) is 47.2 Å². The Hall–Kier alpha value is -3.76. The average Bonchev–Trinajstić information content (AvgIpc) is 2.94. The fourth-order valence-corrected chi connectivity index (χ4v) is 5.42. The van der Waals surface area contributed by atoms with Gasteiger partial charge in [0, 0.05) is 17.6 Å². The van der Waals surface area contributed by atoms with Gasteiger partial charge in [-0.1, -0.05) is 57.0 Å². The molecule has 1 aliphatic rings. The fourth-order valence-electron chi connectivity index (χ4n) is 5.06. The van der Waals surface area contributed by atoms with Crippen LogP contribution in [-0.2, 0) is 5.41 Å². The van der Waals surface area contributed by atoms with Crippen LogP contribution in [0.25, 0.3) is 0 Å². The van der Waals surface area contributed by atoms with Gasteiger partial charge in [-0.05, 0) is 93.2 Å². The number of carbonyl (C=O) groups excluding carboxylic acids is 1. The molecule has 2 amide bonds. The molecular formula is C33H45N7O2S. The van der Waals surface area contributed by atoms with Crippen LogP contribution in [0.3, 0.4) is 0 Å². The van der Waals surface area contributed by atoms with E-state index in [4.69, 9.17) is 15.6 Å². The van der Waals surface area contributed by atoms with Crippen LogP contribution < -0.4 is 25.6 Å². The third kappa shape index (κ3) is 7.43. The van der Waals surface area contributed by atoms with E-state index in [-0.39, 0.29) is 34.9 Å². The normalized spacial score (nSPS) is 16.8. The smallest absolute Gasteiger partial charge is 0.319 e. The van der Waals surface area contributed by atoms with Crippen molar-refractivity contribution < 1.29 is 9.53 Å². The highest BCUT2D eigenvalue weighted by Gasteiger charge is 2.31. The first-order valence-corrected chi connectivity index (χ1v) is 15.7. The molecule has 0 saturated carbocycles. The second kappa shape index (κ2) is 12.9. The van der Waals surface area contributed by atoms with Crippen molar-refractivity contribution in [2.45, 2.75) is 70.6 Å². The zero-order valence-corrected chi connectivity index (χ0v) is 27.3. The Bertz CT molecular complexity index is 1540. The van der Waals surface area contributed by atoms with Crippen LogP contribution in [0.15, 0.2) is 60.8 Å². The molecular weight excluding hydrogens is 558 g/mol. The van der Waals surface area contributed by atoms with E-state index < -0.39 is 5.54 Å². The minimum atomic E-state index is -0.572. The number of amides is 2. The topological polar surface area (TPSA) is 118 Å². The van der Waals surface area contributed by atoms with Gasteiger partial charge >= 0.3 is 6.03 Å². The predicted molar refractivity (Wildman–Crippen MR) is 177 cm³/mol. The molecule has 0 spiro atoms. The summed E-state index contributed by atoms with van der Waals surface area (Å²) >= 11 is 1.51. The van der Waals surface area contributed by atoms with Crippen molar-refractivity contribution in [3.63, 3.8) is 0 Å². The van der Waals surface area contributed by atoms with E-state index in [1.54, 1.807) is 22.9 Å². The molecule has 9 nitrogen and oxygen atoms in total. The number of hydrogen-bond donors (Lipinski definition) is 5. The number of nitrogens with zero attached hydrogens (tertiary/aromatic N) is 2. The molecule has 0 bridgehead atoms. The minimum absolute atomic E-state index is 0.0661. The molecule has 2 atom stereocenters. The van der Waals surface area contributed by atoms with Crippen LogP contribution in [0.5, 0.6) is 5.75 Å². The van der Waals surface area contributed by atoms with Crippen molar-refractivity contribution in [2.24, 2.45) is 0 Å². The van der Waals surface area contributed by atoms with Crippen molar-refractivity contribution in [1.29, 1.82) is 10.8 Å². The van der Waals surface area contributed by atoms with E-state index in [2.05, 4.69) is 42.2 Å². The molecule has 43 heavy (non-hydrogen) atoms. The van der Waals surface area contributed by atoms with Gasteiger partial charge in [-0.15, -0.1) is 0 Å². The van der Waals surface area contributed by atoms with Gasteiger partial charge in [0.2, 0.25) is 0 Å². The third-order valence-corrected chi connectivity index (χ3v) is 8.60. The molecule has 1 aliphatic carbocycles. The zero-order valence-electron chi connectivity index (χ0n) is 26.5. The quantitative estimate of drug-likeness (QED) is 0.109. The summed E-state index contributed by atoms with van der Waals surface area (Å²) in [5.74, 6) is 0.879. The number of hydrogen-bond acceptors (Lipinski definition) is 7. The lowest BCUT2D eigenvalue weighted by molar-refractivity contribution is 0.171. The molecule has 3 aromatic rings. The maximum absolute atomic E-state index is 13.2. The van der Waals surface area contributed by atoms with Gasteiger partial charge in [-0.3, -0.25) is 20.3 Å². The van der Waals surface area contributed by atoms with Crippen LogP contribution in [0.1, 0.15) is 76.3 Å². The summed E-state index contributed by atoms with van der Waals surface area (Å²) in [5, 5.41) is 23.4. The molecule has 5 N–H and O–H groups in total. The summed E-state index contributed by atoms with van der Waals surface area (Å²) in [6, 6.07) is 17.1. The van der Waals surface area contributed by atoms with Crippen molar-refractivity contribution in [3.8, 4) is 5.75 Å². The molecule has 10 heteroatoms. The summed E-state index contributed by atoms with van der Waals surface area (Å²) in [6.45, 7) is 10.4. The average molecular weight is 604 g/mol. The second-order valence-corrected chi connectivity index (χ2v) is 13.4. The van der Waals surface area contributed by atoms with E-state index in [9.17, 15) is 4.79 Å². The maximum Gasteiger partial charge on any atom is 0.319 e. The van der Waals surface area contributed by atoms with Gasteiger partial charge in [-0.2, -0.15) is 0 Å². The number of fused-ring (bicyclic) bond motifs is 1. The van der Waals surface area contributed by atoms with Crippen LogP contribution >= 0.6 is 11.9 Å². The van der Waals surface area contributed by atoms with Crippen molar-refractivity contribution >= 4 is 35.2 Å². The van der Waals surface area contributed by atoms with E-state index in [0.29, 0.717) is 18.6 Å². The van der Waals surface area contributed by atoms with Crippen LogP contribution in [0, 0.1) is 10.8 Å². The number of benzene rings is 2. The maximum atomic E-state index is 13.2.